The Kier molecular flexibility index (Phi) is 4.31. The van der Waals surface area contributed by atoms with Crippen molar-refractivity contribution in [2.24, 2.45) is 0 Å². The molecule has 1 aromatic rings. The molecule has 0 unspecified atom stereocenters. The molecule has 0 aliphatic carbocycles. The summed E-state index contributed by atoms with van der Waals surface area (Å²) in [6.07, 6.45) is 1.18. The molecule has 0 radical (unpaired) electrons. The molecule has 5 heteroatoms. The van der Waals surface area contributed by atoms with Gasteiger partial charge in [0.25, 0.3) is 0 Å². The number of methoxy groups -OCH3 is 1. The number of carbonyl (C=O) groups excluding carboxylic acids is 1. The van der Waals surface area contributed by atoms with Crippen LogP contribution in [0.3, 0.4) is 0 Å². The molecule has 0 fully saturated rings. The molecule has 0 aliphatic rings. The summed E-state index contributed by atoms with van der Waals surface area (Å²) in [5, 5.41) is 2.65. The SMILES string of the molecule is COc1ncccc1CNC(=O)OC(C)(C)C. The van der Waals surface area contributed by atoms with Gasteiger partial charge in [-0.05, 0) is 26.8 Å². The number of pyridine rings is 1. The van der Waals surface area contributed by atoms with Crippen LogP contribution < -0.4 is 10.1 Å². The highest BCUT2D eigenvalue weighted by Crippen LogP contribution is 2.13. The van der Waals surface area contributed by atoms with Crippen molar-refractivity contribution >= 4 is 6.09 Å². The molecule has 94 valence electrons. The molecular formula is C12H18N2O3. The summed E-state index contributed by atoms with van der Waals surface area (Å²) >= 11 is 0. The van der Waals surface area contributed by atoms with Gasteiger partial charge in [0, 0.05) is 11.8 Å². The van der Waals surface area contributed by atoms with Gasteiger partial charge in [-0.1, -0.05) is 6.07 Å². The van der Waals surface area contributed by atoms with Crippen LogP contribution in [0.2, 0.25) is 0 Å². The smallest absolute Gasteiger partial charge is 0.407 e. The monoisotopic (exact) mass is 238 g/mol. The molecule has 0 bridgehead atoms. The number of hydrogen-bond donors (Lipinski definition) is 1. The van der Waals surface area contributed by atoms with Crippen molar-refractivity contribution in [3.05, 3.63) is 23.9 Å². The maximum absolute atomic E-state index is 11.4. The molecule has 0 spiro atoms. The second-order valence-corrected chi connectivity index (χ2v) is 4.53. The molecule has 0 atom stereocenters. The van der Waals surface area contributed by atoms with E-state index in [9.17, 15) is 4.79 Å². The summed E-state index contributed by atoms with van der Waals surface area (Å²) in [5.74, 6) is 0.503. The molecule has 0 saturated carbocycles. The number of rotatable bonds is 3. The zero-order valence-corrected chi connectivity index (χ0v) is 10.6. The first-order valence-electron chi connectivity index (χ1n) is 5.37. The van der Waals surface area contributed by atoms with Crippen molar-refractivity contribution in [2.75, 3.05) is 7.11 Å². The topological polar surface area (TPSA) is 60.5 Å². The molecule has 5 nitrogen and oxygen atoms in total. The first-order chi connectivity index (χ1) is 7.92. The second kappa shape index (κ2) is 5.52. The summed E-state index contributed by atoms with van der Waals surface area (Å²) in [4.78, 5) is 15.5. The lowest BCUT2D eigenvalue weighted by atomic mass is 10.2. The Labute approximate surface area is 101 Å². The van der Waals surface area contributed by atoms with E-state index < -0.39 is 11.7 Å². The van der Waals surface area contributed by atoms with Gasteiger partial charge in [-0.2, -0.15) is 0 Å². The van der Waals surface area contributed by atoms with Crippen LogP contribution in [-0.4, -0.2) is 23.8 Å². The third-order valence-corrected chi connectivity index (χ3v) is 1.87. The van der Waals surface area contributed by atoms with Crippen molar-refractivity contribution < 1.29 is 14.3 Å². The van der Waals surface area contributed by atoms with Crippen molar-refractivity contribution in [1.29, 1.82) is 0 Å². The fraction of sp³-hybridized carbons (Fsp3) is 0.500. The molecule has 1 aromatic heterocycles. The zero-order valence-electron chi connectivity index (χ0n) is 10.6. The van der Waals surface area contributed by atoms with Crippen LogP contribution in [0.4, 0.5) is 4.79 Å². The third-order valence-electron chi connectivity index (χ3n) is 1.87. The summed E-state index contributed by atoms with van der Waals surface area (Å²) in [6, 6.07) is 3.62. The van der Waals surface area contributed by atoms with E-state index in [2.05, 4.69) is 10.3 Å². The van der Waals surface area contributed by atoms with E-state index in [0.29, 0.717) is 12.4 Å². The second-order valence-electron chi connectivity index (χ2n) is 4.53. The lowest BCUT2D eigenvalue weighted by Gasteiger charge is -2.19. The van der Waals surface area contributed by atoms with Crippen molar-refractivity contribution in [1.82, 2.24) is 10.3 Å². The number of carbonyl (C=O) groups is 1. The van der Waals surface area contributed by atoms with Gasteiger partial charge in [-0.25, -0.2) is 9.78 Å². The molecule has 17 heavy (non-hydrogen) atoms. The Balaban J connectivity index is 2.53. The van der Waals surface area contributed by atoms with Gasteiger partial charge in [0.1, 0.15) is 5.60 Å². The van der Waals surface area contributed by atoms with Gasteiger partial charge in [-0.3, -0.25) is 0 Å². The maximum atomic E-state index is 11.4. The Morgan fingerprint density at radius 3 is 2.76 bits per heavy atom. The van der Waals surface area contributed by atoms with Crippen molar-refractivity contribution in [3.8, 4) is 5.88 Å². The van der Waals surface area contributed by atoms with E-state index in [-0.39, 0.29) is 0 Å². The molecule has 1 heterocycles. The van der Waals surface area contributed by atoms with Crippen LogP contribution in [0.5, 0.6) is 5.88 Å². The average Bonchev–Trinajstić information content (AvgIpc) is 2.24. The Morgan fingerprint density at radius 2 is 2.18 bits per heavy atom. The number of alkyl carbamates (subject to hydrolysis) is 1. The molecule has 0 aromatic carbocycles. The van der Waals surface area contributed by atoms with Gasteiger partial charge in [0.2, 0.25) is 5.88 Å². The standard InChI is InChI=1S/C12H18N2O3/c1-12(2,3)17-11(15)14-8-9-6-5-7-13-10(9)16-4/h5-7H,8H2,1-4H3,(H,14,15). The number of amides is 1. The van der Waals surface area contributed by atoms with Gasteiger partial charge < -0.3 is 14.8 Å². The maximum Gasteiger partial charge on any atom is 0.407 e. The van der Waals surface area contributed by atoms with Crippen LogP contribution in [0.1, 0.15) is 26.3 Å². The van der Waals surface area contributed by atoms with E-state index in [0.717, 1.165) is 5.56 Å². The molecule has 1 N–H and O–H groups in total. The quantitative estimate of drug-likeness (QED) is 0.876. The summed E-state index contributed by atoms with van der Waals surface area (Å²) in [6.45, 7) is 5.78. The Morgan fingerprint density at radius 1 is 1.47 bits per heavy atom. The highest BCUT2D eigenvalue weighted by atomic mass is 16.6. The molecule has 1 amide bonds. The predicted molar refractivity (Wildman–Crippen MR) is 63.9 cm³/mol. The fourth-order valence-corrected chi connectivity index (χ4v) is 1.22. The first kappa shape index (κ1) is 13.3. The lowest BCUT2D eigenvalue weighted by Crippen LogP contribution is -2.32. The molecule has 0 aliphatic heterocycles. The van der Waals surface area contributed by atoms with Crippen LogP contribution in [-0.2, 0) is 11.3 Å². The minimum absolute atomic E-state index is 0.325. The Hall–Kier alpha value is -1.78. The van der Waals surface area contributed by atoms with E-state index in [1.165, 1.54) is 0 Å². The largest absolute Gasteiger partial charge is 0.481 e. The van der Waals surface area contributed by atoms with Gasteiger partial charge >= 0.3 is 6.09 Å². The Bertz CT molecular complexity index is 386. The van der Waals surface area contributed by atoms with E-state index >= 15 is 0 Å². The fourth-order valence-electron chi connectivity index (χ4n) is 1.22. The van der Waals surface area contributed by atoms with Crippen molar-refractivity contribution in [3.63, 3.8) is 0 Å². The predicted octanol–water partition coefficient (Wildman–Crippen LogP) is 2.11. The zero-order chi connectivity index (χ0) is 12.9. The van der Waals surface area contributed by atoms with Crippen LogP contribution in [0.25, 0.3) is 0 Å². The summed E-state index contributed by atoms with van der Waals surface area (Å²) in [7, 11) is 1.54. The highest BCUT2D eigenvalue weighted by molar-refractivity contribution is 5.67. The molecule has 1 rings (SSSR count). The van der Waals surface area contributed by atoms with Crippen LogP contribution in [0, 0.1) is 0 Å². The van der Waals surface area contributed by atoms with Gasteiger partial charge in [0.15, 0.2) is 0 Å². The molecule has 0 saturated heterocycles. The number of aromatic nitrogens is 1. The minimum atomic E-state index is -0.497. The van der Waals surface area contributed by atoms with Crippen LogP contribution >= 0.6 is 0 Å². The third kappa shape index (κ3) is 4.72. The number of ether oxygens (including phenoxy) is 2. The summed E-state index contributed by atoms with van der Waals surface area (Å²) < 4.78 is 10.2. The van der Waals surface area contributed by atoms with Gasteiger partial charge in [0.05, 0.1) is 13.7 Å². The normalized spacial score (nSPS) is 10.8. The number of hydrogen-bond acceptors (Lipinski definition) is 4. The first-order valence-corrected chi connectivity index (χ1v) is 5.37. The summed E-state index contributed by atoms with van der Waals surface area (Å²) in [5.41, 5.74) is 0.309. The van der Waals surface area contributed by atoms with Crippen LogP contribution in [0.15, 0.2) is 18.3 Å². The minimum Gasteiger partial charge on any atom is -0.481 e. The molecular weight excluding hydrogens is 220 g/mol. The van der Waals surface area contributed by atoms with Crippen molar-refractivity contribution in [2.45, 2.75) is 32.9 Å². The number of nitrogens with zero attached hydrogens (tertiary/aromatic N) is 1. The van der Waals surface area contributed by atoms with E-state index in [1.54, 1.807) is 19.4 Å². The highest BCUT2D eigenvalue weighted by Gasteiger charge is 2.16. The number of nitrogens with one attached hydrogen (secondary N) is 1. The lowest BCUT2D eigenvalue weighted by molar-refractivity contribution is 0.0523. The van der Waals surface area contributed by atoms with Gasteiger partial charge in [-0.15, -0.1) is 0 Å². The average molecular weight is 238 g/mol. The van der Waals surface area contributed by atoms with E-state index in [4.69, 9.17) is 9.47 Å². The van der Waals surface area contributed by atoms with E-state index in [1.807, 2.05) is 26.8 Å².